The summed E-state index contributed by atoms with van der Waals surface area (Å²) in [5.74, 6) is 1.19. The van der Waals surface area contributed by atoms with Gasteiger partial charge in [-0.1, -0.05) is 35.0 Å². The van der Waals surface area contributed by atoms with Crippen LogP contribution in [0.5, 0.6) is 0 Å². The Labute approximate surface area is 130 Å². The molecule has 1 saturated carbocycles. The molecular weight excluding hydrogens is 314 g/mol. The van der Waals surface area contributed by atoms with Crippen LogP contribution < -0.4 is 5.32 Å². The molecule has 0 saturated heterocycles. The van der Waals surface area contributed by atoms with Crippen LogP contribution in [-0.2, 0) is 11.2 Å². The topological polar surface area (TPSA) is 29.1 Å². The smallest absolute Gasteiger partial charge is 0.227 e. The van der Waals surface area contributed by atoms with E-state index in [9.17, 15) is 4.79 Å². The molecule has 1 aromatic rings. The molecule has 0 atom stereocenters. The lowest BCUT2D eigenvalue weighted by Gasteiger charge is -2.25. The number of rotatable bonds is 5. The zero-order valence-corrected chi connectivity index (χ0v) is 13.8. The predicted octanol–water partition coefficient (Wildman–Crippen LogP) is 4.78. The summed E-state index contributed by atoms with van der Waals surface area (Å²) in [5, 5.41) is 4.11. The van der Waals surface area contributed by atoms with E-state index in [1.807, 2.05) is 12.1 Å². The molecule has 110 valence electrons. The van der Waals surface area contributed by atoms with Gasteiger partial charge in [0, 0.05) is 16.9 Å². The third-order valence-electron chi connectivity index (χ3n) is 4.18. The van der Waals surface area contributed by atoms with Gasteiger partial charge >= 0.3 is 0 Å². The molecule has 0 radical (unpaired) electrons. The van der Waals surface area contributed by atoms with Crippen LogP contribution in [0.2, 0.25) is 0 Å². The van der Waals surface area contributed by atoms with E-state index in [1.54, 1.807) is 0 Å². The van der Waals surface area contributed by atoms with Crippen molar-refractivity contribution in [1.29, 1.82) is 0 Å². The van der Waals surface area contributed by atoms with Gasteiger partial charge in [0.15, 0.2) is 0 Å². The molecule has 20 heavy (non-hydrogen) atoms. The van der Waals surface area contributed by atoms with Gasteiger partial charge in [0.05, 0.1) is 0 Å². The van der Waals surface area contributed by atoms with Gasteiger partial charge in [-0.25, -0.2) is 0 Å². The average Bonchev–Trinajstić information content (AvgIpc) is 2.46. The molecule has 0 aromatic heterocycles. The number of amides is 1. The van der Waals surface area contributed by atoms with Crippen LogP contribution in [0.4, 0.5) is 5.69 Å². The highest BCUT2D eigenvalue weighted by atomic mass is 79.9. The lowest BCUT2D eigenvalue weighted by molar-refractivity contribution is -0.121. The molecule has 0 spiro atoms. The van der Waals surface area contributed by atoms with Gasteiger partial charge in [0.2, 0.25) is 5.91 Å². The number of aryl methyl sites for hydroxylation is 1. The van der Waals surface area contributed by atoms with Gasteiger partial charge in [-0.15, -0.1) is 0 Å². The van der Waals surface area contributed by atoms with Crippen LogP contribution in [0.3, 0.4) is 0 Å². The highest BCUT2D eigenvalue weighted by molar-refractivity contribution is 9.09. The lowest BCUT2D eigenvalue weighted by Crippen LogP contribution is -2.26. The minimum atomic E-state index is 0.203. The maximum Gasteiger partial charge on any atom is 0.227 e. The fraction of sp³-hybridized carbons (Fsp3) is 0.588. The summed E-state index contributed by atoms with van der Waals surface area (Å²) in [7, 11) is 0. The first-order valence-corrected chi connectivity index (χ1v) is 8.77. The molecule has 0 aliphatic heterocycles. The van der Waals surface area contributed by atoms with E-state index >= 15 is 0 Å². The number of hydrogen-bond acceptors (Lipinski definition) is 1. The minimum absolute atomic E-state index is 0.203. The van der Waals surface area contributed by atoms with Crippen molar-refractivity contribution in [3.8, 4) is 0 Å². The second-order valence-corrected chi connectivity index (χ2v) is 6.73. The maximum absolute atomic E-state index is 12.3. The van der Waals surface area contributed by atoms with Crippen molar-refractivity contribution in [2.24, 2.45) is 11.8 Å². The quantitative estimate of drug-likeness (QED) is 0.769. The van der Waals surface area contributed by atoms with Gasteiger partial charge in [-0.2, -0.15) is 0 Å². The molecule has 0 heterocycles. The summed E-state index contributed by atoms with van der Waals surface area (Å²) in [6.45, 7) is 2.28. The average molecular weight is 338 g/mol. The summed E-state index contributed by atoms with van der Waals surface area (Å²) in [6, 6.07) is 8.25. The van der Waals surface area contributed by atoms with Crippen molar-refractivity contribution in [1.82, 2.24) is 0 Å². The maximum atomic E-state index is 12.3. The van der Waals surface area contributed by atoms with Crippen molar-refractivity contribution >= 4 is 27.5 Å². The first-order chi connectivity index (χ1) is 9.69. The highest BCUT2D eigenvalue weighted by Crippen LogP contribution is 2.29. The van der Waals surface area contributed by atoms with E-state index in [-0.39, 0.29) is 11.8 Å². The molecule has 1 aromatic carbocycles. The standard InChI is InChI=1S/C17H24BrNO/c1-13-7-9-15(10-8-13)17(20)19-16-6-2-4-14(12-16)5-3-11-18/h2,4,6,12-13,15H,3,5,7-11H2,1H3,(H,19,20). The molecule has 1 N–H and O–H groups in total. The Bertz CT molecular complexity index is 438. The SMILES string of the molecule is CC1CCC(C(=O)Nc2cccc(CCCBr)c2)CC1. The summed E-state index contributed by atoms with van der Waals surface area (Å²) in [6.07, 6.45) is 6.62. The Hall–Kier alpha value is -0.830. The normalized spacial score (nSPS) is 22.5. The predicted molar refractivity (Wildman–Crippen MR) is 88.3 cm³/mol. The number of nitrogens with one attached hydrogen (secondary N) is 1. The summed E-state index contributed by atoms with van der Waals surface area (Å²) in [5.41, 5.74) is 2.24. The molecule has 3 heteroatoms. The molecule has 0 unspecified atom stereocenters. The molecule has 1 fully saturated rings. The number of halogens is 1. The Morgan fingerprint density at radius 2 is 2.05 bits per heavy atom. The van der Waals surface area contributed by atoms with E-state index < -0.39 is 0 Å². The van der Waals surface area contributed by atoms with E-state index in [4.69, 9.17) is 0 Å². The van der Waals surface area contributed by atoms with Gasteiger partial charge in [0.1, 0.15) is 0 Å². The second-order valence-electron chi connectivity index (χ2n) is 5.94. The van der Waals surface area contributed by atoms with Crippen molar-refractivity contribution < 1.29 is 4.79 Å². The van der Waals surface area contributed by atoms with Crippen molar-refractivity contribution in [2.45, 2.75) is 45.4 Å². The molecule has 0 bridgehead atoms. The van der Waals surface area contributed by atoms with E-state index in [1.165, 1.54) is 18.4 Å². The third kappa shape index (κ3) is 4.62. The van der Waals surface area contributed by atoms with Gasteiger partial charge in [-0.05, 0) is 62.1 Å². The van der Waals surface area contributed by atoms with Crippen molar-refractivity contribution in [3.05, 3.63) is 29.8 Å². The van der Waals surface area contributed by atoms with Gasteiger partial charge in [0.25, 0.3) is 0 Å². The third-order valence-corrected chi connectivity index (χ3v) is 4.74. The minimum Gasteiger partial charge on any atom is -0.326 e. The number of benzene rings is 1. The monoisotopic (exact) mass is 337 g/mol. The van der Waals surface area contributed by atoms with Gasteiger partial charge in [-0.3, -0.25) is 4.79 Å². The van der Waals surface area contributed by atoms with Crippen LogP contribution in [0, 0.1) is 11.8 Å². The number of anilines is 1. The molecular formula is C17H24BrNO. The molecule has 2 nitrogen and oxygen atoms in total. The van der Waals surface area contributed by atoms with Crippen LogP contribution in [0.1, 0.15) is 44.6 Å². The summed E-state index contributed by atoms with van der Waals surface area (Å²) in [4.78, 5) is 12.3. The molecule has 1 amide bonds. The number of alkyl halides is 1. The summed E-state index contributed by atoms with van der Waals surface area (Å²) >= 11 is 3.45. The largest absolute Gasteiger partial charge is 0.326 e. The first-order valence-electron chi connectivity index (χ1n) is 7.65. The van der Waals surface area contributed by atoms with Crippen LogP contribution >= 0.6 is 15.9 Å². The molecule has 1 aliphatic carbocycles. The van der Waals surface area contributed by atoms with E-state index in [2.05, 4.69) is 40.3 Å². The number of carbonyl (C=O) groups is 1. The van der Waals surface area contributed by atoms with Crippen molar-refractivity contribution in [2.75, 3.05) is 10.6 Å². The second kappa shape index (κ2) is 7.82. The van der Waals surface area contributed by atoms with Crippen LogP contribution in [0.15, 0.2) is 24.3 Å². The van der Waals surface area contributed by atoms with Crippen molar-refractivity contribution in [3.63, 3.8) is 0 Å². The number of hydrogen-bond donors (Lipinski definition) is 1. The highest BCUT2D eigenvalue weighted by Gasteiger charge is 2.24. The molecule has 2 rings (SSSR count). The number of carbonyl (C=O) groups excluding carboxylic acids is 1. The fourth-order valence-electron chi connectivity index (χ4n) is 2.84. The van der Waals surface area contributed by atoms with E-state index in [0.717, 1.165) is 42.6 Å². The van der Waals surface area contributed by atoms with E-state index in [0.29, 0.717) is 0 Å². The van der Waals surface area contributed by atoms with Crippen LogP contribution in [0.25, 0.3) is 0 Å². The summed E-state index contributed by atoms with van der Waals surface area (Å²) < 4.78 is 0. The van der Waals surface area contributed by atoms with Gasteiger partial charge < -0.3 is 5.32 Å². The Morgan fingerprint density at radius 3 is 2.75 bits per heavy atom. The Balaban J connectivity index is 1.90. The first kappa shape index (κ1) is 15.6. The Kier molecular flexibility index (Phi) is 6.08. The van der Waals surface area contributed by atoms with Crippen LogP contribution in [-0.4, -0.2) is 11.2 Å². The molecule has 1 aliphatic rings. The zero-order valence-electron chi connectivity index (χ0n) is 12.2. The fourth-order valence-corrected chi connectivity index (χ4v) is 3.12. The zero-order chi connectivity index (χ0) is 14.4. The lowest BCUT2D eigenvalue weighted by atomic mass is 9.82. The Morgan fingerprint density at radius 1 is 1.30 bits per heavy atom.